The number of hydrogen-bond donors (Lipinski definition) is 3. The van der Waals surface area contributed by atoms with Gasteiger partial charge in [0.1, 0.15) is 0 Å². The zero-order chi connectivity index (χ0) is 21.5. The van der Waals surface area contributed by atoms with Crippen LogP contribution in [-0.2, 0) is 6.54 Å². The molecule has 2 aromatic rings. The van der Waals surface area contributed by atoms with Gasteiger partial charge in [-0.25, -0.2) is 0 Å². The van der Waals surface area contributed by atoms with Gasteiger partial charge in [-0.2, -0.15) is 0 Å². The van der Waals surface area contributed by atoms with Crippen LogP contribution in [0.3, 0.4) is 0 Å². The van der Waals surface area contributed by atoms with Gasteiger partial charge in [0.15, 0.2) is 5.78 Å². The van der Waals surface area contributed by atoms with Gasteiger partial charge in [0.25, 0.3) is 5.91 Å². The Labute approximate surface area is 183 Å². The van der Waals surface area contributed by atoms with Gasteiger partial charge in [0.05, 0.1) is 12.1 Å². The van der Waals surface area contributed by atoms with Crippen molar-refractivity contribution < 1.29 is 14.7 Å². The smallest absolute Gasteiger partial charge is 0.251 e. The van der Waals surface area contributed by atoms with Crippen LogP contribution >= 0.6 is 0 Å². The molecule has 5 nitrogen and oxygen atoms in total. The van der Waals surface area contributed by atoms with Crippen molar-refractivity contribution in [2.75, 3.05) is 6.54 Å². The van der Waals surface area contributed by atoms with E-state index >= 15 is 0 Å². The number of carbonyl (C=O) groups is 2. The molecule has 0 aliphatic heterocycles. The van der Waals surface area contributed by atoms with E-state index in [1.54, 1.807) is 0 Å². The molecule has 0 saturated heterocycles. The fourth-order valence-electron chi connectivity index (χ4n) is 6.49. The number of amides is 1. The van der Waals surface area contributed by atoms with Gasteiger partial charge in [-0.05, 0) is 68.1 Å². The quantitative estimate of drug-likeness (QED) is 0.602. The Hall–Kier alpha value is -2.50. The number of carbonyl (C=O) groups excluding carboxylic acids is 2. The Morgan fingerprint density at radius 3 is 2.23 bits per heavy atom. The van der Waals surface area contributed by atoms with Crippen LogP contribution in [0.1, 0.15) is 64.8 Å². The summed E-state index contributed by atoms with van der Waals surface area (Å²) in [6.45, 7) is 0.848. The summed E-state index contributed by atoms with van der Waals surface area (Å²) in [4.78, 5) is 25.1. The van der Waals surface area contributed by atoms with E-state index in [-0.39, 0.29) is 23.8 Å². The summed E-state index contributed by atoms with van der Waals surface area (Å²) in [5, 5.41) is 17.4. The van der Waals surface area contributed by atoms with Crippen molar-refractivity contribution in [1.29, 1.82) is 0 Å². The van der Waals surface area contributed by atoms with Crippen molar-refractivity contribution in [2.45, 2.75) is 56.2 Å². The third-order valence-electron chi connectivity index (χ3n) is 7.34. The molecule has 1 amide bonds. The third-order valence-corrected chi connectivity index (χ3v) is 7.34. The third kappa shape index (κ3) is 4.30. The number of rotatable bonds is 7. The first-order valence-corrected chi connectivity index (χ1v) is 11.3. The van der Waals surface area contributed by atoms with Crippen LogP contribution in [0, 0.1) is 11.8 Å². The minimum absolute atomic E-state index is 0.0516. The Morgan fingerprint density at radius 2 is 1.58 bits per heavy atom. The lowest BCUT2D eigenvalue weighted by Gasteiger charge is -2.60. The number of aliphatic hydroxyl groups is 1. The Kier molecular flexibility index (Phi) is 5.19. The van der Waals surface area contributed by atoms with Gasteiger partial charge < -0.3 is 15.7 Å². The molecular formula is C26H30N2O3. The van der Waals surface area contributed by atoms with Crippen LogP contribution in [-0.4, -0.2) is 34.5 Å². The van der Waals surface area contributed by atoms with E-state index in [0.29, 0.717) is 35.9 Å². The first kappa shape index (κ1) is 20.4. The van der Waals surface area contributed by atoms with E-state index in [4.69, 9.17) is 0 Å². The van der Waals surface area contributed by atoms with Gasteiger partial charge in [-0.3, -0.25) is 9.59 Å². The molecule has 0 radical (unpaired) electrons. The largest absolute Gasteiger partial charge is 0.390 e. The van der Waals surface area contributed by atoms with Crippen molar-refractivity contribution in [3.63, 3.8) is 0 Å². The molecule has 4 saturated carbocycles. The number of nitrogens with one attached hydrogen (secondary N) is 2. The summed E-state index contributed by atoms with van der Waals surface area (Å²) in [6.07, 6.45) is 5.68. The second-order valence-corrected chi connectivity index (χ2v) is 10.0. The molecule has 4 fully saturated rings. The van der Waals surface area contributed by atoms with E-state index in [1.165, 1.54) is 6.42 Å². The second-order valence-electron chi connectivity index (χ2n) is 10.0. The van der Waals surface area contributed by atoms with Crippen LogP contribution in [0.5, 0.6) is 0 Å². The first-order chi connectivity index (χ1) is 14.9. The summed E-state index contributed by atoms with van der Waals surface area (Å²) < 4.78 is 0. The summed E-state index contributed by atoms with van der Waals surface area (Å²) in [7, 11) is 0. The molecule has 6 rings (SSSR count). The van der Waals surface area contributed by atoms with Crippen LogP contribution in [0.25, 0.3) is 0 Å². The highest BCUT2D eigenvalue weighted by atomic mass is 16.3. The molecule has 4 aliphatic carbocycles. The van der Waals surface area contributed by atoms with Crippen LogP contribution in [0.4, 0.5) is 0 Å². The molecule has 3 N–H and O–H groups in total. The lowest BCUT2D eigenvalue weighted by Crippen LogP contribution is -2.65. The average Bonchev–Trinajstić information content (AvgIpc) is 2.72. The maximum absolute atomic E-state index is 13.0. The van der Waals surface area contributed by atoms with Gasteiger partial charge in [-0.15, -0.1) is 0 Å². The minimum Gasteiger partial charge on any atom is -0.390 e. The molecule has 0 aromatic heterocycles. The first-order valence-electron chi connectivity index (χ1n) is 11.3. The van der Waals surface area contributed by atoms with Crippen LogP contribution < -0.4 is 10.6 Å². The predicted octanol–water partition coefficient (Wildman–Crippen LogP) is 3.47. The Balaban J connectivity index is 1.16. The molecule has 2 unspecified atom stereocenters. The van der Waals surface area contributed by atoms with Crippen LogP contribution in [0.2, 0.25) is 0 Å². The molecule has 0 heterocycles. The number of hydrogen-bond acceptors (Lipinski definition) is 4. The van der Waals surface area contributed by atoms with Gasteiger partial charge in [-0.1, -0.05) is 42.5 Å². The summed E-state index contributed by atoms with van der Waals surface area (Å²) in [5.41, 5.74) is 1.56. The zero-order valence-corrected chi connectivity index (χ0v) is 17.8. The van der Waals surface area contributed by atoms with Crippen molar-refractivity contribution in [1.82, 2.24) is 10.6 Å². The summed E-state index contributed by atoms with van der Waals surface area (Å²) in [5.74, 6) is 1.09. The van der Waals surface area contributed by atoms with Crippen molar-refractivity contribution in [2.24, 2.45) is 11.8 Å². The summed E-state index contributed by atoms with van der Waals surface area (Å²) >= 11 is 0. The standard InChI is InChI=1S/C26H30N2O3/c29-23(21-4-2-1-3-5-21)16-27-15-18-6-8-22(9-7-18)24(30)28-25-11-19-10-20(12-25)14-26(31,13-19)17-25/h1-9,19-20,27,31H,10-17H2,(H,28,30). The normalized spacial score (nSPS) is 30.9. The van der Waals surface area contributed by atoms with E-state index in [9.17, 15) is 14.7 Å². The fourth-order valence-corrected chi connectivity index (χ4v) is 6.49. The molecule has 2 aromatic carbocycles. The number of Topliss-reactive ketones (excluding diaryl/α,β-unsaturated/α-hetero) is 1. The van der Waals surface area contributed by atoms with Crippen LogP contribution in [0.15, 0.2) is 54.6 Å². The molecular weight excluding hydrogens is 388 g/mol. The number of ketones is 1. The molecule has 162 valence electrons. The van der Waals surface area contributed by atoms with E-state index < -0.39 is 5.60 Å². The van der Waals surface area contributed by atoms with E-state index in [0.717, 1.165) is 31.2 Å². The minimum atomic E-state index is -0.579. The summed E-state index contributed by atoms with van der Waals surface area (Å²) in [6, 6.07) is 16.8. The molecule has 2 atom stereocenters. The molecule has 0 spiro atoms. The Bertz CT molecular complexity index is 956. The van der Waals surface area contributed by atoms with Crippen molar-refractivity contribution in [3.8, 4) is 0 Å². The average molecular weight is 419 g/mol. The van der Waals surface area contributed by atoms with Gasteiger partial charge >= 0.3 is 0 Å². The molecule has 4 bridgehead atoms. The van der Waals surface area contributed by atoms with E-state index in [1.807, 2.05) is 54.6 Å². The predicted molar refractivity (Wildman–Crippen MR) is 119 cm³/mol. The second kappa shape index (κ2) is 7.88. The molecule has 4 aliphatic rings. The highest BCUT2D eigenvalue weighted by Gasteiger charge is 2.57. The zero-order valence-electron chi connectivity index (χ0n) is 17.8. The molecule has 5 heteroatoms. The lowest BCUT2D eigenvalue weighted by molar-refractivity contribution is -0.139. The Morgan fingerprint density at radius 1 is 0.903 bits per heavy atom. The maximum atomic E-state index is 13.0. The van der Waals surface area contributed by atoms with Gasteiger partial charge in [0, 0.05) is 23.2 Å². The molecule has 31 heavy (non-hydrogen) atoms. The maximum Gasteiger partial charge on any atom is 0.251 e. The topological polar surface area (TPSA) is 78.4 Å². The fraction of sp³-hybridized carbons (Fsp3) is 0.462. The highest BCUT2D eigenvalue weighted by molar-refractivity contribution is 5.97. The van der Waals surface area contributed by atoms with Gasteiger partial charge in [0.2, 0.25) is 0 Å². The number of benzene rings is 2. The van der Waals surface area contributed by atoms with E-state index in [2.05, 4.69) is 10.6 Å². The highest BCUT2D eigenvalue weighted by Crippen LogP contribution is 2.57. The SMILES string of the molecule is O=C(CNCc1ccc(C(=O)NC23CC4CC(CC(O)(C4)C2)C3)cc1)c1ccccc1. The monoisotopic (exact) mass is 418 g/mol. The lowest BCUT2D eigenvalue weighted by atomic mass is 9.51. The van der Waals surface area contributed by atoms with Crippen molar-refractivity contribution >= 4 is 11.7 Å². The van der Waals surface area contributed by atoms with Crippen molar-refractivity contribution in [3.05, 3.63) is 71.3 Å².